The summed E-state index contributed by atoms with van der Waals surface area (Å²) >= 11 is 0. The Kier molecular flexibility index (Phi) is 6.83. The van der Waals surface area contributed by atoms with Crippen LogP contribution in [0.25, 0.3) is 0 Å². The number of sulfonamides is 1. The van der Waals surface area contributed by atoms with Gasteiger partial charge in [0.1, 0.15) is 4.90 Å². The molecule has 0 saturated carbocycles. The monoisotopic (exact) mass is 316 g/mol. The Morgan fingerprint density at radius 1 is 1.29 bits per heavy atom. The number of H-pyrrole nitrogens is 1. The third-order valence-electron chi connectivity index (χ3n) is 3.68. The van der Waals surface area contributed by atoms with Crippen molar-refractivity contribution >= 4 is 10.0 Å². The maximum Gasteiger partial charge on any atom is 0.244 e. The predicted octanol–water partition coefficient (Wildman–Crippen LogP) is 1.79. The van der Waals surface area contributed by atoms with Gasteiger partial charge in [0.2, 0.25) is 10.0 Å². The van der Waals surface area contributed by atoms with Crippen LogP contribution in [0.5, 0.6) is 0 Å². The lowest BCUT2D eigenvalue weighted by atomic mass is 9.99. The quantitative estimate of drug-likeness (QED) is 0.606. The molecule has 21 heavy (non-hydrogen) atoms. The van der Waals surface area contributed by atoms with Crippen LogP contribution in [0.15, 0.2) is 4.90 Å². The number of aryl methyl sites for hydroxylation is 1. The lowest BCUT2D eigenvalue weighted by Crippen LogP contribution is -2.31. The van der Waals surface area contributed by atoms with E-state index >= 15 is 0 Å². The van der Waals surface area contributed by atoms with Gasteiger partial charge in [0.15, 0.2) is 0 Å². The number of rotatable bonds is 9. The summed E-state index contributed by atoms with van der Waals surface area (Å²) in [4.78, 5) is 0.280. The Bertz CT molecular complexity index is 537. The molecule has 7 heteroatoms. The minimum atomic E-state index is -3.53. The van der Waals surface area contributed by atoms with E-state index in [0.29, 0.717) is 30.4 Å². The molecule has 122 valence electrons. The maximum absolute atomic E-state index is 12.5. The Labute approximate surface area is 128 Å². The largest absolute Gasteiger partial charge is 0.311 e. The summed E-state index contributed by atoms with van der Waals surface area (Å²) in [7, 11) is -3.53. The molecule has 1 aromatic heterocycles. The first-order valence-electron chi connectivity index (χ1n) is 7.53. The first-order valence-corrected chi connectivity index (χ1v) is 9.02. The van der Waals surface area contributed by atoms with Crippen molar-refractivity contribution in [1.29, 1.82) is 0 Å². The molecule has 0 spiro atoms. The van der Waals surface area contributed by atoms with Crippen LogP contribution in [-0.4, -0.2) is 31.7 Å². The van der Waals surface area contributed by atoms with Crippen molar-refractivity contribution in [3.05, 3.63) is 11.4 Å². The van der Waals surface area contributed by atoms with E-state index in [4.69, 9.17) is 0 Å². The Hall–Kier alpha value is -0.920. The molecule has 1 heterocycles. The molecule has 0 amide bonds. The molecule has 6 nitrogen and oxygen atoms in total. The van der Waals surface area contributed by atoms with Crippen LogP contribution in [0.2, 0.25) is 0 Å². The number of hydrogen-bond donors (Lipinski definition) is 3. The highest BCUT2D eigenvalue weighted by molar-refractivity contribution is 7.89. The highest BCUT2D eigenvalue weighted by atomic mass is 32.2. The molecule has 0 bridgehead atoms. The topological polar surface area (TPSA) is 86.9 Å². The van der Waals surface area contributed by atoms with E-state index < -0.39 is 10.0 Å². The summed E-state index contributed by atoms with van der Waals surface area (Å²) in [6.07, 6.45) is 0.996. The molecule has 0 saturated heterocycles. The molecule has 0 aliphatic carbocycles. The van der Waals surface area contributed by atoms with Gasteiger partial charge in [-0.05, 0) is 31.7 Å². The lowest BCUT2D eigenvalue weighted by molar-refractivity contribution is 0.414. The Morgan fingerprint density at radius 3 is 2.52 bits per heavy atom. The highest BCUT2D eigenvalue weighted by Gasteiger charge is 2.24. The van der Waals surface area contributed by atoms with Crippen LogP contribution in [0.3, 0.4) is 0 Å². The summed E-state index contributed by atoms with van der Waals surface area (Å²) < 4.78 is 27.7. The zero-order chi connectivity index (χ0) is 16.0. The number of aromatic nitrogens is 2. The number of nitrogens with one attached hydrogen (secondary N) is 3. The number of aromatic amines is 1. The minimum Gasteiger partial charge on any atom is -0.311 e. The number of hydrogen-bond acceptors (Lipinski definition) is 4. The number of nitrogens with zero attached hydrogens (tertiary/aromatic N) is 1. The van der Waals surface area contributed by atoms with Gasteiger partial charge < -0.3 is 5.32 Å². The Morgan fingerprint density at radius 2 is 1.95 bits per heavy atom. The van der Waals surface area contributed by atoms with E-state index in [1.807, 2.05) is 6.92 Å². The Balaban J connectivity index is 2.84. The molecule has 1 atom stereocenters. The van der Waals surface area contributed by atoms with Gasteiger partial charge in [0.25, 0.3) is 0 Å². The molecular weight excluding hydrogens is 288 g/mol. The third-order valence-corrected chi connectivity index (χ3v) is 5.31. The normalized spacial score (nSPS) is 13.8. The average Bonchev–Trinajstić information content (AvgIpc) is 2.78. The molecule has 0 aromatic carbocycles. The summed E-state index contributed by atoms with van der Waals surface area (Å²) in [5.41, 5.74) is 1.12. The van der Waals surface area contributed by atoms with Crippen molar-refractivity contribution in [1.82, 2.24) is 20.2 Å². The van der Waals surface area contributed by atoms with Crippen molar-refractivity contribution in [3.63, 3.8) is 0 Å². The summed E-state index contributed by atoms with van der Waals surface area (Å²) in [6.45, 7) is 11.7. The van der Waals surface area contributed by atoms with Gasteiger partial charge in [-0.25, -0.2) is 13.1 Å². The van der Waals surface area contributed by atoms with E-state index in [0.717, 1.165) is 13.0 Å². The molecule has 1 unspecified atom stereocenters. The van der Waals surface area contributed by atoms with Gasteiger partial charge in [0.05, 0.1) is 11.4 Å². The molecule has 1 aromatic rings. The second-order valence-corrected chi connectivity index (χ2v) is 7.58. The first-order chi connectivity index (χ1) is 9.79. The van der Waals surface area contributed by atoms with Crippen molar-refractivity contribution < 1.29 is 8.42 Å². The van der Waals surface area contributed by atoms with Crippen LogP contribution >= 0.6 is 0 Å². The molecule has 0 aliphatic rings. The van der Waals surface area contributed by atoms with Gasteiger partial charge in [-0.2, -0.15) is 5.10 Å². The molecule has 0 fully saturated rings. The van der Waals surface area contributed by atoms with Crippen LogP contribution < -0.4 is 10.0 Å². The van der Waals surface area contributed by atoms with E-state index in [1.54, 1.807) is 6.92 Å². The maximum atomic E-state index is 12.5. The lowest BCUT2D eigenvalue weighted by Gasteiger charge is -2.16. The minimum absolute atomic E-state index is 0.280. The second kappa shape index (κ2) is 7.91. The zero-order valence-corrected chi connectivity index (χ0v) is 14.5. The summed E-state index contributed by atoms with van der Waals surface area (Å²) in [5, 5.41) is 10.1. The van der Waals surface area contributed by atoms with E-state index in [1.165, 1.54) is 0 Å². The molecule has 0 radical (unpaired) electrons. The van der Waals surface area contributed by atoms with Crippen molar-refractivity contribution in [2.45, 2.75) is 52.5 Å². The highest BCUT2D eigenvalue weighted by Crippen LogP contribution is 2.18. The first kappa shape index (κ1) is 18.1. The van der Waals surface area contributed by atoms with E-state index in [-0.39, 0.29) is 10.8 Å². The third kappa shape index (κ3) is 5.09. The SMILES string of the molecule is CCCNCc1n[nH]c(C)c1S(=O)(=O)NCC(C)C(C)C. The van der Waals surface area contributed by atoms with E-state index in [2.05, 4.69) is 41.0 Å². The van der Waals surface area contributed by atoms with Gasteiger partial charge in [-0.3, -0.25) is 5.10 Å². The smallest absolute Gasteiger partial charge is 0.244 e. The fourth-order valence-electron chi connectivity index (χ4n) is 1.88. The molecule has 1 rings (SSSR count). The van der Waals surface area contributed by atoms with Crippen LogP contribution in [0, 0.1) is 18.8 Å². The fourth-order valence-corrected chi connectivity index (χ4v) is 3.38. The molecule has 0 aliphatic heterocycles. The van der Waals surface area contributed by atoms with Gasteiger partial charge >= 0.3 is 0 Å². The van der Waals surface area contributed by atoms with E-state index in [9.17, 15) is 8.42 Å². The van der Waals surface area contributed by atoms with Crippen LogP contribution in [0.1, 0.15) is 45.5 Å². The fraction of sp³-hybridized carbons (Fsp3) is 0.786. The second-order valence-electron chi connectivity index (χ2n) is 5.87. The van der Waals surface area contributed by atoms with Crippen LogP contribution in [-0.2, 0) is 16.6 Å². The summed E-state index contributed by atoms with van der Waals surface area (Å²) in [6, 6.07) is 0. The summed E-state index contributed by atoms with van der Waals surface area (Å²) in [5.74, 6) is 0.720. The molecular formula is C14H28N4O2S. The van der Waals surface area contributed by atoms with Gasteiger partial charge in [-0.15, -0.1) is 0 Å². The van der Waals surface area contributed by atoms with Crippen molar-refractivity contribution in [2.75, 3.05) is 13.1 Å². The zero-order valence-electron chi connectivity index (χ0n) is 13.7. The van der Waals surface area contributed by atoms with Crippen molar-refractivity contribution in [2.24, 2.45) is 11.8 Å². The average molecular weight is 316 g/mol. The predicted molar refractivity (Wildman–Crippen MR) is 84.5 cm³/mol. The standard InChI is InChI=1S/C14H28N4O2S/c1-6-7-15-9-13-14(12(5)17-18-13)21(19,20)16-8-11(4)10(2)3/h10-11,15-16H,6-9H2,1-5H3,(H,17,18). The van der Waals surface area contributed by atoms with Gasteiger partial charge in [-0.1, -0.05) is 27.7 Å². The molecule has 3 N–H and O–H groups in total. The van der Waals surface area contributed by atoms with Gasteiger partial charge in [0, 0.05) is 13.1 Å². The van der Waals surface area contributed by atoms with Crippen molar-refractivity contribution in [3.8, 4) is 0 Å². The van der Waals surface area contributed by atoms with Crippen LogP contribution in [0.4, 0.5) is 0 Å².